The van der Waals surface area contributed by atoms with Crippen molar-refractivity contribution in [1.82, 2.24) is 5.32 Å². The van der Waals surface area contributed by atoms with Gasteiger partial charge in [-0.05, 0) is 42.8 Å². The Morgan fingerprint density at radius 3 is 2.41 bits per heavy atom. The Morgan fingerprint density at radius 2 is 1.69 bits per heavy atom. The average molecular weight is 455 g/mol. The molecule has 0 aliphatic carbocycles. The number of amides is 1. The van der Waals surface area contributed by atoms with Crippen LogP contribution in [-0.4, -0.2) is 41.1 Å². The van der Waals surface area contributed by atoms with E-state index in [9.17, 15) is 13.2 Å². The van der Waals surface area contributed by atoms with Crippen LogP contribution in [0.1, 0.15) is 5.56 Å². The van der Waals surface area contributed by atoms with Crippen molar-refractivity contribution in [3.05, 3.63) is 84.4 Å². The maximum atomic E-state index is 13.3. The molecule has 7 nitrogen and oxygen atoms in total. The second-order valence-electron chi connectivity index (χ2n) is 6.99. The molecule has 3 rings (SSSR count). The van der Waals surface area contributed by atoms with Gasteiger partial charge in [-0.25, -0.2) is 8.42 Å². The minimum atomic E-state index is -3.97. The summed E-state index contributed by atoms with van der Waals surface area (Å²) >= 11 is 0. The monoisotopic (exact) mass is 454 g/mol. The Morgan fingerprint density at radius 1 is 0.969 bits per heavy atom. The number of sulfonamides is 1. The molecule has 0 unspecified atom stereocenters. The SMILES string of the molecule is COc1cccc(N(CC(=O)NCCOc2ccccc2C)S(=O)(=O)c2ccccc2)c1. The van der Waals surface area contributed by atoms with Gasteiger partial charge in [0.2, 0.25) is 5.91 Å². The molecule has 0 aliphatic rings. The second kappa shape index (κ2) is 10.7. The van der Waals surface area contributed by atoms with Crippen molar-refractivity contribution in [1.29, 1.82) is 0 Å². The summed E-state index contributed by atoms with van der Waals surface area (Å²) in [7, 11) is -2.47. The number of hydrogen-bond donors (Lipinski definition) is 1. The van der Waals surface area contributed by atoms with Gasteiger partial charge < -0.3 is 14.8 Å². The summed E-state index contributed by atoms with van der Waals surface area (Å²) in [6.45, 7) is 2.06. The molecule has 0 radical (unpaired) electrons. The molecule has 1 amide bonds. The number of carbonyl (C=O) groups is 1. The van der Waals surface area contributed by atoms with E-state index >= 15 is 0 Å². The zero-order valence-corrected chi connectivity index (χ0v) is 18.8. The highest BCUT2D eigenvalue weighted by molar-refractivity contribution is 7.92. The number of nitrogens with zero attached hydrogens (tertiary/aromatic N) is 1. The zero-order valence-electron chi connectivity index (χ0n) is 18.0. The fourth-order valence-corrected chi connectivity index (χ4v) is 4.49. The summed E-state index contributed by atoms with van der Waals surface area (Å²) in [5.41, 5.74) is 1.33. The van der Waals surface area contributed by atoms with Crippen molar-refractivity contribution in [2.45, 2.75) is 11.8 Å². The molecule has 0 spiro atoms. The Hall–Kier alpha value is -3.52. The number of nitrogens with one attached hydrogen (secondary N) is 1. The molecular formula is C24H26N2O5S. The smallest absolute Gasteiger partial charge is 0.264 e. The van der Waals surface area contributed by atoms with Gasteiger partial charge in [0.05, 0.1) is 24.2 Å². The number of carbonyl (C=O) groups excluding carboxylic acids is 1. The van der Waals surface area contributed by atoms with Crippen LogP contribution in [-0.2, 0) is 14.8 Å². The molecule has 0 fully saturated rings. The van der Waals surface area contributed by atoms with Gasteiger partial charge >= 0.3 is 0 Å². The lowest BCUT2D eigenvalue weighted by Crippen LogP contribution is -2.41. The van der Waals surface area contributed by atoms with Crippen LogP contribution < -0.4 is 19.1 Å². The van der Waals surface area contributed by atoms with Gasteiger partial charge in [-0.2, -0.15) is 0 Å². The normalized spacial score (nSPS) is 10.9. The van der Waals surface area contributed by atoms with Gasteiger partial charge in [-0.3, -0.25) is 9.10 Å². The summed E-state index contributed by atoms with van der Waals surface area (Å²) in [5, 5.41) is 2.72. The topological polar surface area (TPSA) is 84.9 Å². The molecule has 3 aromatic carbocycles. The quantitative estimate of drug-likeness (QED) is 0.475. The van der Waals surface area contributed by atoms with Crippen molar-refractivity contribution in [3.63, 3.8) is 0 Å². The van der Waals surface area contributed by atoms with E-state index in [1.54, 1.807) is 42.5 Å². The van der Waals surface area contributed by atoms with E-state index in [1.807, 2.05) is 31.2 Å². The minimum absolute atomic E-state index is 0.0958. The van der Waals surface area contributed by atoms with E-state index in [2.05, 4.69) is 5.32 Å². The Labute approximate surface area is 188 Å². The molecule has 32 heavy (non-hydrogen) atoms. The fraction of sp³-hybridized carbons (Fsp3) is 0.208. The molecule has 0 bridgehead atoms. The van der Waals surface area contributed by atoms with Crippen LogP contribution in [0.2, 0.25) is 0 Å². The third kappa shape index (κ3) is 5.79. The summed E-state index contributed by atoms with van der Waals surface area (Å²) in [6, 6.07) is 22.2. The molecule has 3 aromatic rings. The predicted octanol–water partition coefficient (Wildman–Crippen LogP) is 3.39. The average Bonchev–Trinajstić information content (AvgIpc) is 2.82. The number of rotatable bonds is 10. The molecule has 0 atom stereocenters. The molecule has 0 heterocycles. The van der Waals surface area contributed by atoms with Gasteiger partial charge in [0.1, 0.15) is 24.7 Å². The van der Waals surface area contributed by atoms with Gasteiger partial charge in [-0.1, -0.05) is 42.5 Å². The summed E-state index contributed by atoms with van der Waals surface area (Å²) in [6.07, 6.45) is 0. The largest absolute Gasteiger partial charge is 0.497 e. The van der Waals surface area contributed by atoms with E-state index in [0.29, 0.717) is 11.4 Å². The van der Waals surface area contributed by atoms with Crippen molar-refractivity contribution in [2.75, 3.05) is 31.1 Å². The predicted molar refractivity (Wildman–Crippen MR) is 124 cm³/mol. The van der Waals surface area contributed by atoms with Gasteiger partial charge in [-0.15, -0.1) is 0 Å². The Bertz CT molecular complexity index is 1150. The number of aryl methyl sites for hydroxylation is 1. The van der Waals surface area contributed by atoms with E-state index in [0.717, 1.165) is 15.6 Å². The first-order valence-electron chi connectivity index (χ1n) is 10.1. The number of para-hydroxylation sites is 1. The Kier molecular flexibility index (Phi) is 7.72. The lowest BCUT2D eigenvalue weighted by molar-refractivity contribution is -0.119. The first-order valence-corrected chi connectivity index (χ1v) is 11.5. The maximum Gasteiger partial charge on any atom is 0.264 e. The highest BCUT2D eigenvalue weighted by Gasteiger charge is 2.27. The number of hydrogen-bond acceptors (Lipinski definition) is 5. The van der Waals surface area contributed by atoms with Gasteiger partial charge in [0.15, 0.2) is 0 Å². The molecule has 168 valence electrons. The van der Waals surface area contributed by atoms with E-state index < -0.39 is 15.9 Å². The Balaban J connectivity index is 1.72. The number of benzene rings is 3. The zero-order chi connectivity index (χ0) is 23.0. The summed E-state index contributed by atoms with van der Waals surface area (Å²) in [5.74, 6) is 0.787. The van der Waals surface area contributed by atoms with E-state index in [4.69, 9.17) is 9.47 Å². The molecule has 0 saturated heterocycles. The first kappa shape index (κ1) is 23.1. The first-order chi connectivity index (χ1) is 15.4. The molecule has 0 aromatic heterocycles. The van der Waals surface area contributed by atoms with Crippen LogP contribution in [0.5, 0.6) is 11.5 Å². The highest BCUT2D eigenvalue weighted by atomic mass is 32.2. The van der Waals surface area contributed by atoms with Gasteiger partial charge in [0.25, 0.3) is 10.0 Å². The molecule has 1 N–H and O–H groups in total. The third-order valence-corrected chi connectivity index (χ3v) is 6.52. The molecule has 0 saturated carbocycles. The van der Waals surface area contributed by atoms with Crippen molar-refractivity contribution < 1.29 is 22.7 Å². The third-order valence-electron chi connectivity index (χ3n) is 4.74. The van der Waals surface area contributed by atoms with Crippen molar-refractivity contribution in [2.24, 2.45) is 0 Å². The van der Waals surface area contributed by atoms with Crippen LogP contribution in [0.15, 0.2) is 83.8 Å². The van der Waals surface area contributed by atoms with E-state index in [1.165, 1.54) is 19.2 Å². The van der Waals surface area contributed by atoms with Crippen molar-refractivity contribution in [3.8, 4) is 11.5 Å². The van der Waals surface area contributed by atoms with Crippen LogP contribution >= 0.6 is 0 Å². The lowest BCUT2D eigenvalue weighted by atomic mass is 10.2. The number of anilines is 1. The second-order valence-corrected chi connectivity index (χ2v) is 8.85. The molecule has 8 heteroatoms. The summed E-state index contributed by atoms with van der Waals surface area (Å²) in [4.78, 5) is 12.7. The maximum absolute atomic E-state index is 13.3. The number of methoxy groups -OCH3 is 1. The fourth-order valence-electron chi connectivity index (χ4n) is 3.06. The van der Waals surface area contributed by atoms with Crippen LogP contribution in [0.3, 0.4) is 0 Å². The highest BCUT2D eigenvalue weighted by Crippen LogP contribution is 2.26. The lowest BCUT2D eigenvalue weighted by Gasteiger charge is -2.24. The molecule has 0 aliphatic heterocycles. The van der Waals surface area contributed by atoms with Crippen LogP contribution in [0.4, 0.5) is 5.69 Å². The molecular weight excluding hydrogens is 428 g/mol. The standard InChI is InChI=1S/C24H26N2O5S/c1-19-9-6-7-14-23(19)31-16-15-25-24(27)18-26(20-10-8-11-21(17-20)30-2)32(28,29)22-12-4-3-5-13-22/h3-14,17H,15-16,18H2,1-2H3,(H,25,27). The van der Waals surface area contributed by atoms with E-state index in [-0.39, 0.29) is 24.6 Å². The minimum Gasteiger partial charge on any atom is -0.497 e. The van der Waals surface area contributed by atoms with Crippen LogP contribution in [0.25, 0.3) is 0 Å². The number of ether oxygens (including phenoxy) is 2. The van der Waals surface area contributed by atoms with Gasteiger partial charge in [0, 0.05) is 6.07 Å². The van der Waals surface area contributed by atoms with Crippen LogP contribution in [0, 0.1) is 6.92 Å². The summed E-state index contributed by atoms with van der Waals surface area (Å²) < 4.78 is 38.6. The van der Waals surface area contributed by atoms with Crippen molar-refractivity contribution >= 4 is 21.6 Å².